The second kappa shape index (κ2) is 2.64. The lowest BCUT2D eigenvalue weighted by atomic mass is 10.5. The van der Waals surface area contributed by atoms with E-state index in [4.69, 9.17) is 4.42 Å². The quantitative estimate of drug-likeness (QED) is 0.557. The maximum absolute atomic E-state index is 4.98. The number of hydrogen-bond acceptors (Lipinski definition) is 3. The summed E-state index contributed by atoms with van der Waals surface area (Å²) in [6, 6.07) is 0.442. The summed E-state index contributed by atoms with van der Waals surface area (Å²) in [6.45, 7) is 5.67. The van der Waals surface area contributed by atoms with Crippen LogP contribution in [0, 0.1) is 6.92 Å². The molecule has 10 heavy (non-hydrogen) atoms. The number of aryl methyl sites for hydroxylation is 1. The first-order valence-electron chi connectivity index (χ1n) is 3.12. The molecule has 0 aliphatic heterocycles. The zero-order valence-corrected chi connectivity index (χ0v) is 6.38. The van der Waals surface area contributed by atoms with Crippen LogP contribution in [0.25, 0.3) is 0 Å². The summed E-state index contributed by atoms with van der Waals surface area (Å²) in [6.07, 6.45) is 1.59. The molecule has 0 aliphatic carbocycles. The summed E-state index contributed by atoms with van der Waals surface area (Å²) in [7, 11) is 0. The minimum Gasteiger partial charge on any atom is -0.430 e. The minimum absolute atomic E-state index is 0.442. The van der Waals surface area contributed by atoms with Gasteiger partial charge in [-0.15, -0.1) is 0 Å². The first-order chi connectivity index (χ1) is 4.68. The van der Waals surface area contributed by atoms with Gasteiger partial charge in [-0.3, -0.25) is 0 Å². The fourth-order valence-electron chi connectivity index (χ4n) is 0.584. The van der Waals surface area contributed by atoms with Gasteiger partial charge in [0.15, 0.2) is 0 Å². The van der Waals surface area contributed by atoms with E-state index in [-0.39, 0.29) is 0 Å². The van der Waals surface area contributed by atoms with Gasteiger partial charge in [-0.2, -0.15) is 4.98 Å². The summed E-state index contributed by atoms with van der Waals surface area (Å²) < 4.78 is 4.98. The number of oxazole rings is 1. The van der Waals surface area contributed by atoms with Gasteiger partial charge in [0.25, 0.3) is 0 Å². The third-order valence-electron chi connectivity index (χ3n) is 0.926. The maximum atomic E-state index is 4.98. The smallest absolute Gasteiger partial charge is 0.321 e. The van der Waals surface area contributed by atoms with Gasteiger partial charge in [0.2, 0.25) is 0 Å². The van der Waals surface area contributed by atoms with Crippen LogP contribution in [0.1, 0.15) is 19.5 Å². The lowest BCUT2D eigenvalue weighted by Gasteiger charge is -1.83. The Kier molecular flexibility index (Phi) is 1.85. The number of hydrogen-bond donors (Lipinski definition) is 0. The monoisotopic (exact) mass is 138 g/mol. The van der Waals surface area contributed by atoms with Gasteiger partial charge in [0.1, 0.15) is 6.26 Å². The molecule has 0 fully saturated rings. The van der Waals surface area contributed by atoms with Crippen molar-refractivity contribution in [3.8, 4) is 0 Å². The normalized spacial score (nSPS) is 9.50. The summed E-state index contributed by atoms with van der Waals surface area (Å²) in [5.74, 6) is 0. The molecule has 3 nitrogen and oxygen atoms in total. The van der Waals surface area contributed by atoms with E-state index in [1.165, 1.54) is 0 Å². The molecular formula is C7H10N2O. The molecule has 1 heterocycles. The van der Waals surface area contributed by atoms with Crippen molar-refractivity contribution in [3.63, 3.8) is 0 Å². The molecule has 0 N–H and O–H groups in total. The fourth-order valence-corrected chi connectivity index (χ4v) is 0.584. The van der Waals surface area contributed by atoms with E-state index in [9.17, 15) is 0 Å². The topological polar surface area (TPSA) is 38.4 Å². The van der Waals surface area contributed by atoms with Gasteiger partial charge in [-0.1, -0.05) is 0 Å². The minimum atomic E-state index is 0.442. The average molecular weight is 138 g/mol. The Morgan fingerprint density at radius 2 is 2.30 bits per heavy atom. The van der Waals surface area contributed by atoms with Crippen molar-refractivity contribution in [3.05, 3.63) is 12.0 Å². The zero-order valence-electron chi connectivity index (χ0n) is 6.38. The van der Waals surface area contributed by atoms with Crippen LogP contribution in [0.15, 0.2) is 15.7 Å². The molecule has 1 rings (SSSR count). The van der Waals surface area contributed by atoms with Crippen LogP contribution >= 0.6 is 0 Å². The molecule has 1 aromatic rings. The number of nitrogens with zero attached hydrogens (tertiary/aromatic N) is 2. The summed E-state index contributed by atoms with van der Waals surface area (Å²) in [5, 5.41) is 0. The fraction of sp³-hybridized carbons (Fsp3) is 0.429. The Hall–Kier alpha value is -1.12. The van der Waals surface area contributed by atoms with Crippen molar-refractivity contribution in [2.75, 3.05) is 0 Å². The van der Waals surface area contributed by atoms with Crippen LogP contribution < -0.4 is 0 Å². The second-order valence-electron chi connectivity index (χ2n) is 2.33. The molecule has 54 valence electrons. The van der Waals surface area contributed by atoms with Gasteiger partial charge >= 0.3 is 6.01 Å². The highest BCUT2D eigenvalue weighted by atomic mass is 16.4. The van der Waals surface area contributed by atoms with Gasteiger partial charge in [-0.25, -0.2) is 4.99 Å². The predicted molar refractivity (Wildman–Crippen MR) is 39.7 cm³/mol. The molecule has 0 bridgehead atoms. The van der Waals surface area contributed by atoms with Crippen LogP contribution in [0.4, 0.5) is 6.01 Å². The van der Waals surface area contributed by atoms with E-state index in [1.807, 2.05) is 20.8 Å². The molecule has 0 aromatic carbocycles. The molecule has 0 saturated heterocycles. The van der Waals surface area contributed by atoms with Crippen molar-refractivity contribution in [2.24, 2.45) is 4.99 Å². The first kappa shape index (κ1) is 6.99. The molecule has 0 aliphatic rings. The van der Waals surface area contributed by atoms with E-state index in [0.717, 1.165) is 11.4 Å². The molecular weight excluding hydrogens is 128 g/mol. The standard InChI is InChI=1S/C7H10N2O/c1-5(2)8-7-9-6(3)4-10-7/h4H,1-3H3. The Morgan fingerprint density at radius 1 is 1.60 bits per heavy atom. The molecule has 0 radical (unpaired) electrons. The Balaban J connectivity index is 2.86. The highest BCUT2D eigenvalue weighted by Crippen LogP contribution is 2.09. The van der Waals surface area contributed by atoms with Crippen LogP contribution in [0.3, 0.4) is 0 Å². The first-order valence-corrected chi connectivity index (χ1v) is 3.12. The zero-order chi connectivity index (χ0) is 7.56. The van der Waals surface area contributed by atoms with Crippen molar-refractivity contribution in [2.45, 2.75) is 20.8 Å². The molecule has 0 saturated carbocycles. The average Bonchev–Trinajstić information content (AvgIpc) is 2.13. The molecule has 0 atom stereocenters. The number of aliphatic imine (C=N–C) groups is 1. The van der Waals surface area contributed by atoms with Crippen molar-refractivity contribution >= 4 is 11.7 Å². The van der Waals surface area contributed by atoms with Crippen LogP contribution in [0.2, 0.25) is 0 Å². The third-order valence-corrected chi connectivity index (χ3v) is 0.926. The van der Waals surface area contributed by atoms with Crippen LogP contribution in [-0.4, -0.2) is 10.7 Å². The molecule has 0 spiro atoms. The molecule has 1 aromatic heterocycles. The van der Waals surface area contributed by atoms with E-state index in [2.05, 4.69) is 9.98 Å². The number of rotatable bonds is 1. The van der Waals surface area contributed by atoms with Crippen molar-refractivity contribution in [1.82, 2.24) is 4.98 Å². The van der Waals surface area contributed by atoms with Crippen LogP contribution in [0.5, 0.6) is 0 Å². The molecule has 0 unspecified atom stereocenters. The SMILES string of the molecule is CC(C)=Nc1nc(C)co1. The summed E-state index contributed by atoms with van der Waals surface area (Å²) >= 11 is 0. The van der Waals surface area contributed by atoms with Crippen LogP contribution in [-0.2, 0) is 0 Å². The molecule has 3 heteroatoms. The Labute approximate surface area is 59.8 Å². The van der Waals surface area contributed by atoms with E-state index in [1.54, 1.807) is 6.26 Å². The Morgan fingerprint density at radius 3 is 2.70 bits per heavy atom. The van der Waals surface area contributed by atoms with Crippen molar-refractivity contribution in [1.29, 1.82) is 0 Å². The van der Waals surface area contributed by atoms with Crippen molar-refractivity contribution < 1.29 is 4.42 Å². The van der Waals surface area contributed by atoms with Gasteiger partial charge in [0.05, 0.1) is 5.69 Å². The third kappa shape index (κ3) is 1.69. The lowest BCUT2D eigenvalue weighted by Crippen LogP contribution is -1.77. The Bertz CT molecular complexity index is 246. The van der Waals surface area contributed by atoms with E-state index in [0.29, 0.717) is 6.01 Å². The second-order valence-corrected chi connectivity index (χ2v) is 2.33. The van der Waals surface area contributed by atoms with Gasteiger partial charge in [0, 0.05) is 5.71 Å². The van der Waals surface area contributed by atoms with E-state index < -0.39 is 0 Å². The highest BCUT2D eigenvalue weighted by molar-refractivity contribution is 5.80. The predicted octanol–water partition coefficient (Wildman–Crippen LogP) is 2.10. The van der Waals surface area contributed by atoms with Gasteiger partial charge in [-0.05, 0) is 20.8 Å². The summed E-state index contributed by atoms with van der Waals surface area (Å²) in [5.41, 5.74) is 1.81. The van der Waals surface area contributed by atoms with Gasteiger partial charge < -0.3 is 4.42 Å². The lowest BCUT2D eigenvalue weighted by molar-refractivity contribution is 0.568. The van der Waals surface area contributed by atoms with E-state index >= 15 is 0 Å². The molecule has 0 amide bonds. The number of aromatic nitrogens is 1. The maximum Gasteiger partial charge on any atom is 0.321 e. The highest BCUT2D eigenvalue weighted by Gasteiger charge is 1.95. The summed E-state index contributed by atoms with van der Waals surface area (Å²) in [4.78, 5) is 8.02. The largest absolute Gasteiger partial charge is 0.430 e.